The van der Waals surface area contributed by atoms with E-state index in [1.807, 2.05) is 38.1 Å². The lowest BCUT2D eigenvalue weighted by Gasteiger charge is -2.33. The molecule has 0 amide bonds. The zero-order valence-electron chi connectivity index (χ0n) is 8.99. The number of rotatable bonds is 1. The minimum Gasteiger partial charge on any atom is -0.303 e. The van der Waals surface area contributed by atoms with Gasteiger partial charge in [0.25, 0.3) is 0 Å². The van der Waals surface area contributed by atoms with E-state index in [0.29, 0.717) is 6.42 Å². The molecule has 0 aromatic heterocycles. The maximum Gasteiger partial charge on any atom is 0.153 e. The zero-order valence-corrected chi connectivity index (χ0v) is 8.99. The van der Waals surface area contributed by atoms with Gasteiger partial charge in [0.2, 0.25) is 0 Å². The maximum atomic E-state index is 12.0. The van der Waals surface area contributed by atoms with Gasteiger partial charge in [0.15, 0.2) is 5.78 Å². The van der Waals surface area contributed by atoms with E-state index in [1.165, 1.54) is 0 Å². The van der Waals surface area contributed by atoms with Gasteiger partial charge in [-0.25, -0.2) is 0 Å². The number of fused-ring (bicyclic) bond motifs is 1. The van der Waals surface area contributed by atoms with Crippen molar-refractivity contribution in [3.05, 3.63) is 35.4 Å². The highest BCUT2D eigenvalue weighted by Gasteiger charge is 2.40. The SMILES string of the molecule is CC1(C)C(=O)[C@@H](C=O)Cc2ccccc21. The first-order valence-electron chi connectivity index (χ1n) is 5.15. The Hall–Kier alpha value is -1.44. The van der Waals surface area contributed by atoms with E-state index in [0.717, 1.165) is 17.4 Å². The molecule has 15 heavy (non-hydrogen) atoms. The van der Waals surface area contributed by atoms with Crippen molar-refractivity contribution in [3.8, 4) is 0 Å². The molecule has 1 atom stereocenters. The number of hydrogen-bond acceptors (Lipinski definition) is 2. The fourth-order valence-corrected chi connectivity index (χ4v) is 2.34. The summed E-state index contributed by atoms with van der Waals surface area (Å²) in [5.41, 5.74) is 1.66. The summed E-state index contributed by atoms with van der Waals surface area (Å²) in [5, 5.41) is 0. The number of Topliss-reactive ketones (excluding diaryl/α,β-unsaturated/α-hetero) is 1. The van der Waals surface area contributed by atoms with Crippen molar-refractivity contribution in [3.63, 3.8) is 0 Å². The molecule has 2 nitrogen and oxygen atoms in total. The lowest BCUT2D eigenvalue weighted by Crippen LogP contribution is -2.41. The van der Waals surface area contributed by atoms with Crippen LogP contribution in [0.4, 0.5) is 0 Å². The van der Waals surface area contributed by atoms with Crippen LogP contribution in [0.1, 0.15) is 25.0 Å². The maximum absolute atomic E-state index is 12.0. The Morgan fingerprint density at radius 2 is 2.00 bits per heavy atom. The number of carbonyl (C=O) groups excluding carboxylic acids is 2. The van der Waals surface area contributed by atoms with E-state index in [9.17, 15) is 9.59 Å². The van der Waals surface area contributed by atoms with Crippen molar-refractivity contribution in [2.45, 2.75) is 25.7 Å². The van der Waals surface area contributed by atoms with Gasteiger partial charge >= 0.3 is 0 Å². The monoisotopic (exact) mass is 202 g/mol. The summed E-state index contributed by atoms with van der Waals surface area (Å²) in [6.45, 7) is 3.79. The van der Waals surface area contributed by atoms with Crippen LogP contribution in [0, 0.1) is 5.92 Å². The molecule has 0 saturated carbocycles. The van der Waals surface area contributed by atoms with Crippen molar-refractivity contribution in [2.75, 3.05) is 0 Å². The molecule has 1 aliphatic carbocycles. The van der Waals surface area contributed by atoms with Crippen LogP contribution in [-0.2, 0) is 21.4 Å². The molecule has 1 aliphatic rings. The molecule has 1 aromatic rings. The summed E-state index contributed by atoms with van der Waals surface area (Å²) in [7, 11) is 0. The smallest absolute Gasteiger partial charge is 0.153 e. The average Bonchev–Trinajstić information content (AvgIpc) is 2.24. The predicted octanol–water partition coefficient (Wildman–Crippen LogP) is 1.90. The fourth-order valence-electron chi connectivity index (χ4n) is 2.34. The average molecular weight is 202 g/mol. The Kier molecular flexibility index (Phi) is 2.22. The van der Waals surface area contributed by atoms with Gasteiger partial charge in [-0.05, 0) is 31.4 Å². The Bertz CT molecular complexity index is 418. The molecule has 0 saturated heterocycles. The van der Waals surface area contributed by atoms with Gasteiger partial charge in [-0.15, -0.1) is 0 Å². The van der Waals surface area contributed by atoms with Crippen LogP contribution < -0.4 is 0 Å². The minimum absolute atomic E-state index is 0.0381. The molecule has 0 unspecified atom stereocenters. The first kappa shape index (κ1) is 10.1. The molecule has 0 bridgehead atoms. The van der Waals surface area contributed by atoms with E-state index < -0.39 is 11.3 Å². The zero-order chi connectivity index (χ0) is 11.1. The number of ketones is 1. The molecule has 2 heteroatoms. The normalized spacial score (nSPS) is 23.3. The summed E-state index contributed by atoms with van der Waals surface area (Å²) in [6, 6.07) is 7.87. The Balaban J connectivity index is 2.58. The number of aldehydes is 1. The minimum atomic E-state index is -0.527. The highest BCUT2D eigenvalue weighted by molar-refractivity contribution is 6.01. The quantitative estimate of drug-likeness (QED) is 0.515. The largest absolute Gasteiger partial charge is 0.303 e. The van der Waals surface area contributed by atoms with Gasteiger partial charge in [-0.1, -0.05) is 24.3 Å². The van der Waals surface area contributed by atoms with Gasteiger partial charge in [-0.3, -0.25) is 4.79 Å². The topological polar surface area (TPSA) is 34.1 Å². The van der Waals surface area contributed by atoms with Crippen molar-refractivity contribution >= 4 is 12.1 Å². The van der Waals surface area contributed by atoms with Crippen LogP contribution in [0.5, 0.6) is 0 Å². The lowest BCUT2D eigenvalue weighted by atomic mass is 9.68. The van der Waals surface area contributed by atoms with Crippen molar-refractivity contribution in [2.24, 2.45) is 5.92 Å². The summed E-state index contributed by atoms with van der Waals surface area (Å²) in [4.78, 5) is 22.9. The van der Waals surface area contributed by atoms with Crippen LogP contribution in [-0.4, -0.2) is 12.1 Å². The molecule has 1 aromatic carbocycles. The molecule has 0 N–H and O–H groups in total. The van der Waals surface area contributed by atoms with Gasteiger partial charge in [0.1, 0.15) is 6.29 Å². The van der Waals surface area contributed by atoms with Gasteiger partial charge in [0.05, 0.1) is 5.92 Å². The summed E-state index contributed by atoms with van der Waals surface area (Å²) < 4.78 is 0. The third-order valence-corrected chi connectivity index (χ3v) is 3.25. The van der Waals surface area contributed by atoms with Crippen molar-refractivity contribution < 1.29 is 9.59 Å². The second-order valence-corrected chi connectivity index (χ2v) is 4.59. The van der Waals surface area contributed by atoms with E-state index >= 15 is 0 Å². The van der Waals surface area contributed by atoms with Gasteiger partial charge in [0, 0.05) is 5.41 Å². The van der Waals surface area contributed by atoms with Crippen LogP contribution in [0.25, 0.3) is 0 Å². The third kappa shape index (κ3) is 1.41. The number of carbonyl (C=O) groups is 2. The molecule has 2 rings (SSSR count). The molecule has 0 radical (unpaired) electrons. The van der Waals surface area contributed by atoms with Crippen molar-refractivity contribution in [1.82, 2.24) is 0 Å². The first-order chi connectivity index (χ1) is 7.07. The van der Waals surface area contributed by atoms with Gasteiger partial charge < -0.3 is 4.79 Å². The first-order valence-corrected chi connectivity index (χ1v) is 5.15. The Morgan fingerprint density at radius 1 is 1.33 bits per heavy atom. The standard InChI is InChI=1S/C13H14O2/c1-13(2)11-6-4-3-5-9(11)7-10(8-14)12(13)15/h3-6,8,10H,7H2,1-2H3/t10-/m1/s1. The predicted molar refractivity (Wildman–Crippen MR) is 57.7 cm³/mol. The van der Waals surface area contributed by atoms with Crippen LogP contribution in [0.15, 0.2) is 24.3 Å². The van der Waals surface area contributed by atoms with Crippen molar-refractivity contribution in [1.29, 1.82) is 0 Å². The third-order valence-electron chi connectivity index (χ3n) is 3.25. The van der Waals surface area contributed by atoms with Crippen LogP contribution in [0.2, 0.25) is 0 Å². The summed E-state index contributed by atoms with van der Waals surface area (Å²) >= 11 is 0. The Morgan fingerprint density at radius 3 is 2.67 bits per heavy atom. The highest BCUT2D eigenvalue weighted by Crippen LogP contribution is 2.35. The second-order valence-electron chi connectivity index (χ2n) is 4.59. The Labute approximate surface area is 89.3 Å². The molecule has 0 heterocycles. The second kappa shape index (κ2) is 3.30. The van der Waals surface area contributed by atoms with Crippen LogP contribution >= 0.6 is 0 Å². The molecular formula is C13H14O2. The lowest BCUT2D eigenvalue weighted by molar-refractivity contribution is -0.131. The fraction of sp³-hybridized carbons (Fsp3) is 0.385. The van der Waals surface area contributed by atoms with E-state index in [-0.39, 0.29) is 5.78 Å². The highest BCUT2D eigenvalue weighted by atomic mass is 16.1. The van der Waals surface area contributed by atoms with E-state index in [2.05, 4.69) is 0 Å². The molecule has 0 aliphatic heterocycles. The summed E-state index contributed by atoms with van der Waals surface area (Å²) in [6.07, 6.45) is 1.34. The molecular weight excluding hydrogens is 188 g/mol. The number of benzene rings is 1. The van der Waals surface area contributed by atoms with E-state index in [1.54, 1.807) is 0 Å². The molecule has 78 valence electrons. The van der Waals surface area contributed by atoms with E-state index in [4.69, 9.17) is 0 Å². The van der Waals surface area contributed by atoms with Crippen LogP contribution in [0.3, 0.4) is 0 Å². The molecule has 0 fully saturated rings. The number of hydrogen-bond donors (Lipinski definition) is 0. The summed E-state index contributed by atoms with van der Waals surface area (Å²) in [5.74, 6) is -0.425. The van der Waals surface area contributed by atoms with Gasteiger partial charge in [-0.2, -0.15) is 0 Å². The molecule has 0 spiro atoms.